The lowest BCUT2D eigenvalue weighted by Crippen LogP contribution is -2.55. The van der Waals surface area contributed by atoms with Crippen LogP contribution in [0.25, 0.3) is 5.57 Å². The molecule has 0 saturated carbocycles. The van der Waals surface area contributed by atoms with Gasteiger partial charge in [-0.15, -0.1) is 0 Å². The second kappa shape index (κ2) is 12.6. The predicted octanol–water partition coefficient (Wildman–Crippen LogP) is 4.29. The van der Waals surface area contributed by atoms with E-state index < -0.39 is 48.6 Å². The van der Waals surface area contributed by atoms with Crippen molar-refractivity contribution in [2.45, 2.75) is 51.5 Å². The highest BCUT2D eigenvalue weighted by atomic mass is 19.4. The molecule has 2 N–H and O–H groups in total. The van der Waals surface area contributed by atoms with Crippen molar-refractivity contribution in [2.24, 2.45) is 11.8 Å². The number of carbonyl (C=O) groups excluding carboxylic acids is 2. The summed E-state index contributed by atoms with van der Waals surface area (Å²) >= 11 is 0. The van der Waals surface area contributed by atoms with E-state index in [2.05, 4.69) is 25.4 Å². The quantitative estimate of drug-likeness (QED) is 0.481. The van der Waals surface area contributed by atoms with E-state index in [1.807, 2.05) is 50.2 Å². The van der Waals surface area contributed by atoms with Crippen LogP contribution in [-0.2, 0) is 16.1 Å². The normalized spacial score (nSPS) is 25.7. The second-order valence-electron chi connectivity index (χ2n) is 11.9. The predicted molar refractivity (Wildman–Crippen MR) is 157 cm³/mol. The topological polar surface area (TPSA) is 80.8 Å². The van der Waals surface area contributed by atoms with E-state index in [0.29, 0.717) is 50.4 Å². The van der Waals surface area contributed by atoms with Gasteiger partial charge in [-0.25, -0.2) is 4.39 Å². The number of halogens is 4. The molecule has 3 aliphatic heterocycles. The van der Waals surface area contributed by atoms with Gasteiger partial charge in [-0.2, -0.15) is 13.2 Å². The summed E-state index contributed by atoms with van der Waals surface area (Å²) in [5.74, 6) is -5.63. The number of piperidine rings is 1. The molecule has 0 radical (unpaired) electrons. The smallest absolute Gasteiger partial charge is 0.367 e. The van der Waals surface area contributed by atoms with Gasteiger partial charge in [0.15, 0.2) is 0 Å². The summed E-state index contributed by atoms with van der Waals surface area (Å²) in [7, 11) is 2.01. The zero-order chi connectivity index (χ0) is 30.9. The number of aromatic nitrogens is 1. The minimum atomic E-state index is -4.71. The third kappa shape index (κ3) is 7.01. The fraction of sp³-hybridized carbons (Fsp3) is 0.516. The third-order valence-electron chi connectivity index (χ3n) is 8.98. The lowest BCUT2D eigenvalue weighted by atomic mass is 9.84. The van der Waals surface area contributed by atoms with Crippen LogP contribution in [0.1, 0.15) is 37.8 Å². The molecule has 4 heterocycles. The molecule has 1 aromatic carbocycles. The SMILES string of the molecule is C[C@@H]1CN(c2cc(F)c(C3=CCN(Cc4cccnc4)CC3)cc2NC(=O)C2CNC(=O)CC2C(F)(F)F)C[C@H](C)N1C. The van der Waals surface area contributed by atoms with Crippen molar-refractivity contribution in [3.63, 3.8) is 0 Å². The zero-order valence-electron chi connectivity index (χ0n) is 24.6. The molecular weight excluding hydrogens is 564 g/mol. The van der Waals surface area contributed by atoms with E-state index in [-0.39, 0.29) is 17.8 Å². The Labute approximate surface area is 249 Å². The Kier molecular flexibility index (Phi) is 9.07. The van der Waals surface area contributed by atoms with E-state index in [0.717, 1.165) is 11.1 Å². The van der Waals surface area contributed by atoms with Gasteiger partial charge in [0, 0.05) is 75.7 Å². The maximum atomic E-state index is 15.8. The Hall–Kier alpha value is -3.51. The third-order valence-corrected chi connectivity index (χ3v) is 8.98. The monoisotopic (exact) mass is 602 g/mol. The first-order valence-electron chi connectivity index (χ1n) is 14.7. The number of carbonyl (C=O) groups is 2. The Morgan fingerprint density at radius 2 is 1.93 bits per heavy atom. The Morgan fingerprint density at radius 1 is 1.19 bits per heavy atom. The molecule has 4 atom stereocenters. The lowest BCUT2D eigenvalue weighted by molar-refractivity contribution is -0.197. The van der Waals surface area contributed by atoms with Crippen LogP contribution in [-0.4, -0.2) is 84.6 Å². The number of hydrogen-bond acceptors (Lipinski definition) is 6. The van der Waals surface area contributed by atoms with Crippen molar-refractivity contribution in [3.05, 3.63) is 59.7 Å². The molecule has 43 heavy (non-hydrogen) atoms. The second-order valence-corrected chi connectivity index (χ2v) is 11.9. The highest BCUT2D eigenvalue weighted by Crippen LogP contribution is 2.39. The van der Waals surface area contributed by atoms with Gasteiger partial charge in [0.1, 0.15) is 5.82 Å². The minimum Gasteiger partial charge on any atom is -0.367 e. The summed E-state index contributed by atoms with van der Waals surface area (Å²) in [6.45, 7) is 6.78. The van der Waals surface area contributed by atoms with Gasteiger partial charge in [-0.05, 0) is 56.7 Å². The highest BCUT2D eigenvalue weighted by molar-refractivity contribution is 5.98. The van der Waals surface area contributed by atoms with Gasteiger partial charge in [-0.3, -0.25) is 24.4 Å². The first-order chi connectivity index (χ1) is 20.4. The van der Waals surface area contributed by atoms with E-state index in [9.17, 15) is 22.8 Å². The molecule has 2 aromatic rings. The van der Waals surface area contributed by atoms with Crippen molar-refractivity contribution in [2.75, 3.05) is 50.0 Å². The molecule has 8 nitrogen and oxygen atoms in total. The number of rotatable bonds is 6. The van der Waals surface area contributed by atoms with Crippen LogP contribution in [0.15, 0.2) is 42.7 Å². The number of hydrogen-bond donors (Lipinski definition) is 2. The molecule has 2 unspecified atom stereocenters. The van der Waals surface area contributed by atoms with E-state index >= 15 is 4.39 Å². The van der Waals surface area contributed by atoms with Crippen LogP contribution in [0.5, 0.6) is 0 Å². The molecule has 2 amide bonds. The average Bonchev–Trinajstić information content (AvgIpc) is 2.97. The fourth-order valence-electron chi connectivity index (χ4n) is 6.25. The van der Waals surface area contributed by atoms with Crippen LogP contribution in [0, 0.1) is 17.7 Å². The summed E-state index contributed by atoms with van der Waals surface area (Å²) in [6.07, 6.45) is 0.537. The molecule has 232 valence electrons. The summed E-state index contributed by atoms with van der Waals surface area (Å²) in [6, 6.07) is 7.09. The summed E-state index contributed by atoms with van der Waals surface area (Å²) < 4.78 is 57.4. The van der Waals surface area contributed by atoms with Crippen LogP contribution in [0.4, 0.5) is 28.9 Å². The zero-order valence-corrected chi connectivity index (χ0v) is 24.6. The molecule has 0 spiro atoms. The summed E-state index contributed by atoms with van der Waals surface area (Å²) in [4.78, 5) is 35.8. The number of benzene rings is 1. The standard InChI is InChI=1S/C31H38F4N6O2/c1-19-16-41(17-20(2)39(19)3)28-13-26(32)23(22-6-9-40(10-7-22)18-21-5-4-8-36-14-21)11-27(28)38-30(43)24-15-37-29(42)12-25(24)31(33,34)35/h4-6,8,11,13-14,19-20,24-25H,7,9-10,12,15-18H2,1-3H3,(H,37,42)(H,38,43)/t19-,20+,24?,25?. The minimum absolute atomic E-state index is 0.130. The number of anilines is 2. The maximum absolute atomic E-state index is 15.8. The van der Waals surface area contributed by atoms with Crippen molar-refractivity contribution in [1.82, 2.24) is 20.1 Å². The molecule has 0 aliphatic carbocycles. The molecule has 5 rings (SSSR count). The molecule has 1 aromatic heterocycles. The molecule has 12 heteroatoms. The van der Waals surface area contributed by atoms with Gasteiger partial charge in [0.2, 0.25) is 11.8 Å². The Bertz CT molecular complexity index is 1360. The van der Waals surface area contributed by atoms with Gasteiger partial charge < -0.3 is 15.5 Å². The number of piperazine rings is 1. The lowest BCUT2D eigenvalue weighted by Gasteiger charge is -2.44. The van der Waals surface area contributed by atoms with Crippen molar-refractivity contribution in [3.8, 4) is 0 Å². The van der Waals surface area contributed by atoms with Crippen molar-refractivity contribution < 1.29 is 27.2 Å². The molecule has 2 saturated heterocycles. The number of alkyl halides is 3. The number of nitrogens with zero attached hydrogens (tertiary/aromatic N) is 4. The van der Waals surface area contributed by atoms with E-state index in [1.54, 1.807) is 12.3 Å². The Balaban J connectivity index is 1.44. The average molecular weight is 603 g/mol. The Morgan fingerprint density at radius 3 is 2.56 bits per heavy atom. The summed E-state index contributed by atoms with van der Waals surface area (Å²) in [5, 5.41) is 5.12. The van der Waals surface area contributed by atoms with Gasteiger partial charge in [0.25, 0.3) is 0 Å². The number of amides is 2. The number of pyridine rings is 1. The summed E-state index contributed by atoms with van der Waals surface area (Å²) in [5.41, 5.74) is 2.87. The van der Waals surface area contributed by atoms with Crippen LogP contribution in [0.3, 0.4) is 0 Å². The first-order valence-corrected chi connectivity index (χ1v) is 14.7. The van der Waals surface area contributed by atoms with Crippen LogP contribution in [0.2, 0.25) is 0 Å². The first kappa shape index (κ1) is 30.9. The van der Waals surface area contributed by atoms with Crippen molar-refractivity contribution in [1.29, 1.82) is 0 Å². The van der Waals surface area contributed by atoms with Gasteiger partial charge in [0.05, 0.1) is 23.2 Å². The highest BCUT2D eigenvalue weighted by Gasteiger charge is 2.50. The van der Waals surface area contributed by atoms with Crippen LogP contribution < -0.4 is 15.5 Å². The fourth-order valence-corrected chi connectivity index (χ4v) is 6.25. The van der Waals surface area contributed by atoms with Gasteiger partial charge >= 0.3 is 6.18 Å². The number of likely N-dealkylation sites (N-methyl/N-ethyl adjacent to an activating group) is 1. The van der Waals surface area contributed by atoms with Crippen LogP contribution >= 0.6 is 0 Å². The number of nitrogens with one attached hydrogen (secondary N) is 2. The molecule has 0 bridgehead atoms. The molecular formula is C31H38F4N6O2. The largest absolute Gasteiger partial charge is 0.393 e. The molecule has 3 aliphatic rings. The maximum Gasteiger partial charge on any atom is 0.393 e. The van der Waals surface area contributed by atoms with E-state index in [4.69, 9.17) is 0 Å². The molecule has 2 fully saturated rings. The van der Waals surface area contributed by atoms with E-state index in [1.165, 1.54) is 6.07 Å². The van der Waals surface area contributed by atoms with Crippen molar-refractivity contribution >= 4 is 28.8 Å². The van der Waals surface area contributed by atoms with Gasteiger partial charge in [-0.1, -0.05) is 12.1 Å².